The minimum atomic E-state index is -3.62. The summed E-state index contributed by atoms with van der Waals surface area (Å²) >= 11 is 0. The molecule has 30 heavy (non-hydrogen) atoms. The number of nitrogens with one attached hydrogen (secondary N) is 1. The lowest BCUT2D eigenvalue weighted by atomic mass is 10.1. The third-order valence-electron chi connectivity index (χ3n) is 4.49. The van der Waals surface area contributed by atoms with Crippen molar-refractivity contribution >= 4 is 19.7 Å². The van der Waals surface area contributed by atoms with E-state index in [1.54, 1.807) is 17.8 Å². The smallest absolute Gasteiger partial charge is 0.325 e. The number of carbonyl (C=O) groups excluding carboxylic acids is 1. The number of amides is 1. The Morgan fingerprint density at radius 1 is 1.37 bits per heavy atom. The highest BCUT2D eigenvalue weighted by molar-refractivity contribution is 7.51. The second-order valence-corrected chi connectivity index (χ2v) is 9.46. The van der Waals surface area contributed by atoms with Crippen LogP contribution in [-0.2, 0) is 28.1 Å². The first kappa shape index (κ1) is 24.5. The number of hydrogen-bond acceptors (Lipinski definition) is 7. The molecule has 10 nitrogen and oxygen atoms in total. The maximum atomic E-state index is 12.4. The summed E-state index contributed by atoms with van der Waals surface area (Å²) in [6, 6.07) is 0. The molecule has 0 aromatic carbocycles. The van der Waals surface area contributed by atoms with Crippen molar-refractivity contribution in [1.29, 1.82) is 0 Å². The SMILES string of the molecule is C=C(N)NC(=O)C(=C(C)C)[N+](C)=CC(C)=CC1OC(COP(C)(=O)O)C2OCOC12. The van der Waals surface area contributed by atoms with Gasteiger partial charge < -0.3 is 34.7 Å². The summed E-state index contributed by atoms with van der Waals surface area (Å²) in [4.78, 5) is 21.8. The number of nitrogens with zero attached hydrogens (tertiary/aromatic N) is 1. The molecule has 5 unspecified atom stereocenters. The van der Waals surface area contributed by atoms with E-state index in [0.29, 0.717) is 5.70 Å². The molecule has 11 heteroatoms. The predicted molar refractivity (Wildman–Crippen MR) is 111 cm³/mol. The van der Waals surface area contributed by atoms with Crippen molar-refractivity contribution in [2.24, 2.45) is 5.73 Å². The topological polar surface area (TPSA) is 132 Å². The Kier molecular flexibility index (Phi) is 8.15. The molecule has 0 saturated carbocycles. The summed E-state index contributed by atoms with van der Waals surface area (Å²) in [5.74, 6) is -0.292. The van der Waals surface area contributed by atoms with Crippen LogP contribution >= 0.6 is 7.60 Å². The quantitative estimate of drug-likeness (QED) is 0.217. The maximum absolute atomic E-state index is 12.4. The number of allylic oxidation sites excluding steroid dienone is 2. The third-order valence-corrected chi connectivity index (χ3v) is 5.11. The number of carbonyl (C=O) groups is 1. The van der Waals surface area contributed by atoms with Gasteiger partial charge in [-0.05, 0) is 26.8 Å². The lowest BCUT2D eigenvalue weighted by Gasteiger charge is -2.16. The van der Waals surface area contributed by atoms with Crippen LogP contribution in [-0.4, -0.2) is 73.1 Å². The molecule has 0 aliphatic carbocycles. The van der Waals surface area contributed by atoms with E-state index in [0.717, 1.165) is 17.8 Å². The highest BCUT2D eigenvalue weighted by atomic mass is 31.2. The largest absolute Gasteiger partial charge is 0.386 e. The van der Waals surface area contributed by atoms with Crippen LogP contribution in [0.5, 0.6) is 0 Å². The zero-order valence-electron chi connectivity index (χ0n) is 18.0. The van der Waals surface area contributed by atoms with Gasteiger partial charge in [0.1, 0.15) is 38.3 Å². The van der Waals surface area contributed by atoms with Crippen LogP contribution in [0.3, 0.4) is 0 Å². The van der Waals surface area contributed by atoms with Gasteiger partial charge >= 0.3 is 13.5 Å². The van der Waals surface area contributed by atoms with E-state index < -0.39 is 25.9 Å². The Bertz CT molecular complexity index is 826. The summed E-state index contributed by atoms with van der Waals surface area (Å²) in [6.45, 7) is 10.2. The van der Waals surface area contributed by atoms with Crippen molar-refractivity contribution < 1.29 is 37.6 Å². The molecule has 0 bridgehead atoms. The van der Waals surface area contributed by atoms with Crippen molar-refractivity contribution in [2.75, 3.05) is 27.1 Å². The van der Waals surface area contributed by atoms with E-state index in [9.17, 15) is 14.3 Å². The Labute approximate surface area is 176 Å². The first-order chi connectivity index (χ1) is 13.9. The predicted octanol–water partition coefficient (Wildman–Crippen LogP) is 0.826. The first-order valence-corrected chi connectivity index (χ1v) is 11.4. The Morgan fingerprint density at radius 3 is 2.57 bits per heavy atom. The number of rotatable bonds is 8. The Balaban J connectivity index is 2.17. The van der Waals surface area contributed by atoms with Crippen molar-refractivity contribution in [1.82, 2.24) is 5.32 Å². The minimum Gasteiger partial charge on any atom is -0.386 e. The average Bonchev–Trinajstić information content (AvgIpc) is 3.15. The molecule has 2 saturated heterocycles. The molecule has 2 aliphatic heterocycles. The fourth-order valence-corrected chi connectivity index (χ4v) is 3.86. The molecule has 1 amide bonds. The second kappa shape index (κ2) is 10.00. The lowest BCUT2D eigenvalue weighted by Crippen LogP contribution is -2.32. The monoisotopic (exact) mass is 444 g/mol. The number of ether oxygens (including phenoxy) is 3. The molecule has 0 aromatic heterocycles. The molecular weight excluding hydrogens is 413 g/mol. The molecule has 2 fully saturated rings. The van der Waals surface area contributed by atoms with Gasteiger partial charge in [-0.3, -0.25) is 9.36 Å². The molecule has 0 radical (unpaired) electrons. The van der Waals surface area contributed by atoms with Crippen molar-refractivity contribution in [2.45, 2.75) is 45.2 Å². The molecule has 4 N–H and O–H groups in total. The molecule has 2 heterocycles. The number of fused-ring (bicyclic) bond motifs is 1. The highest BCUT2D eigenvalue weighted by Gasteiger charge is 2.49. The molecule has 0 spiro atoms. The van der Waals surface area contributed by atoms with Gasteiger partial charge in [0.15, 0.2) is 6.21 Å². The summed E-state index contributed by atoms with van der Waals surface area (Å²) in [7, 11) is -1.87. The van der Waals surface area contributed by atoms with Gasteiger partial charge in [-0.1, -0.05) is 6.58 Å². The molecular formula is C19H31N3O7P+. The van der Waals surface area contributed by atoms with Gasteiger partial charge in [0.2, 0.25) is 0 Å². The van der Waals surface area contributed by atoms with Crippen LogP contribution in [0, 0.1) is 0 Å². The van der Waals surface area contributed by atoms with Crippen LogP contribution in [0.2, 0.25) is 0 Å². The number of hydrogen-bond donors (Lipinski definition) is 3. The number of likely N-dealkylation sites (N-methyl/N-ethyl adjacent to an activating group) is 1. The third kappa shape index (κ3) is 6.60. The van der Waals surface area contributed by atoms with E-state index in [4.69, 9.17) is 24.5 Å². The highest BCUT2D eigenvalue weighted by Crippen LogP contribution is 2.39. The lowest BCUT2D eigenvalue weighted by molar-refractivity contribution is -0.433. The second-order valence-electron chi connectivity index (χ2n) is 7.60. The van der Waals surface area contributed by atoms with Crippen LogP contribution < -0.4 is 11.1 Å². The number of nitrogens with two attached hydrogens (primary N) is 1. The zero-order chi connectivity index (χ0) is 22.6. The molecule has 0 aromatic rings. The summed E-state index contributed by atoms with van der Waals surface area (Å²) in [5.41, 5.74) is 7.54. The van der Waals surface area contributed by atoms with Gasteiger partial charge in [-0.2, -0.15) is 4.58 Å². The van der Waals surface area contributed by atoms with Crippen LogP contribution in [0.25, 0.3) is 0 Å². The molecule has 5 atom stereocenters. The minimum absolute atomic E-state index is 0.0657. The zero-order valence-corrected chi connectivity index (χ0v) is 18.8. The van der Waals surface area contributed by atoms with Crippen LogP contribution in [0.1, 0.15) is 20.8 Å². The Hall–Kier alpha value is -1.81. The van der Waals surface area contributed by atoms with Crippen molar-refractivity contribution in [3.63, 3.8) is 0 Å². The molecule has 2 aliphatic rings. The maximum Gasteiger partial charge on any atom is 0.325 e. The average molecular weight is 444 g/mol. The van der Waals surface area contributed by atoms with Crippen molar-refractivity contribution in [3.8, 4) is 0 Å². The first-order valence-electron chi connectivity index (χ1n) is 9.42. The van der Waals surface area contributed by atoms with Gasteiger partial charge in [0.25, 0.3) is 5.70 Å². The van der Waals surface area contributed by atoms with Crippen LogP contribution in [0.15, 0.2) is 35.3 Å². The van der Waals surface area contributed by atoms with Crippen LogP contribution in [0.4, 0.5) is 0 Å². The van der Waals surface area contributed by atoms with Gasteiger partial charge in [0.05, 0.1) is 12.4 Å². The summed E-state index contributed by atoms with van der Waals surface area (Å²) in [5, 5.41) is 2.50. The summed E-state index contributed by atoms with van der Waals surface area (Å²) < 4.78 is 35.2. The normalized spacial score (nSPS) is 28.6. The van der Waals surface area contributed by atoms with E-state index >= 15 is 0 Å². The van der Waals surface area contributed by atoms with Gasteiger partial charge in [0, 0.05) is 17.8 Å². The van der Waals surface area contributed by atoms with Gasteiger partial charge in [-0.15, -0.1) is 0 Å². The van der Waals surface area contributed by atoms with E-state index in [-0.39, 0.29) is 31.2 Å². The fourth-order valence-electron chi connectivity index (χ4n) is 3.44. The molecule has 2 rings (SSSR count). The fraction of sp³-hybridized carbons (Fsp3) is 0.579. The standard InChI is InChI=1S/C19H30N3O7P/c1-11(2)16(19(23)21-13(4)20)22(5)8-12(3)7-14-17-18(27-10-26-17)15(29-14)9-28-30(6,24)25/h7-8,14-15,17-18H,4,9-10,20H2,1-3,5-6H3,(H-,21,23,24,25)/p+1. The van der Waals surface area contributed by atoms with E-state index in [1.165, 1.54) is 0 Å². The van der Waals surface area contributed by atoms with Crippen molar-refractivity contribution in [3.05, 3.63) is 35.3 Å². The Morgan fingerprint density at radius 2 is 2.00 bits per heavy atom. The summed E-state index contributed by atoms with van der Waals surface area (Å²) in [6.07, 6.45) is 1.94. The van der Waals surface area contributed by atoms with E-state index in [1.807, 2.05) is 26.8 Å². The molecule has 168 valence electrons. The van der Waals surface area contributed by atoms with Gasteiger partial charge in [-0.25, -0.2) is 0 Å². The van der Waals surface area contributed by atoms with E-state index in [2.05, 4.69) is 11.9 Å².